The maximum Gasteiger partial charge on any atom is 0.263 e. The van der Waals surface area contributed by atoms with Crippen molar-refractivity contribution in [2.75, 3.05) is 11.9 Å². The van der Waals surface area contributed by atoms with Crippen LogP contribution in [-0.2, 0) is 24.1 Å². The van der Waals surface area contributed by atoms with E-state index >= 15 is 0 Å². The number of furan rings is 1. The highest BCUT2D eigenvalue weighted by atomic mass is 16.5. The van der Waals surface area contributed by atoms with Gasteiger partial charge in [0.15, 0.2) is 23.9 Å². The number of aromatic nitrogens is 4. The normalized spacial score (nSPS) is 15.5. The number of benzene rings is 1. The van der Waals surface area contributed by atoms with Gasteiger partial charge in [-0.15, -0.1) is 0 Å². The van der Waals surface area contributed by atoms with Crippen LogP contribution in [0.2, 0.25) is 0 Å². The average Bonchev–Trinajstić information content (AvgIpc) is 3.60. The summed E-state index contributed by atoms with van der Waals surface area (Å²) in [5.74, 6) is 1.86. The van der Waals surface area contributed by atoms with Crippen LogP contribution in [0.5, 0.6) is 11.5 Å². The molecule has 1 aliphatic heterocycles. The lowest BCUT2D eigenvalue weighted by molar-refractivity contribution is -0.118. The molecule has 6 rings (SSSR count). The molecule has 0 radical (unpaired) electrons. The van der Waals surface area contributed by atoms with Gasteiger partial charge in [0, 0.05) is 23.6 Å². The van der Waals surface area contributed by atoms with Gasteiger partial charge in [0.25, 0.3) is 11.5 Å². The van der Waals surface area contributed by atoms with E-state index in [1.54, 1.807) is 30.5 Å². The van der Waals surface area contributed by atoms with Crippen LogP contribution in [-0.4, -0.2) is 37.9 Å². The second-order valence-corrected chi connectivity index (χ2v) is 9.95. The third kappa shape index (κ3) is 4.50. The van der Waals surface area contributed by atoms with Crippen LogP contribution in [0.3, 0.4) is 0 Å². The summed E-state index contributed by atoms with van der Waals surface area (Å²) in [5.41, 5.74) is 2.51. The summed E-state index contributed by atoms with van der Waals surface area (Å²) >= 11 is 0. The summed E-state index contributed by atoms with van der Waals surface area (Å²) in [5, 5.41) is 7.40. The Kier molecular flexibility index (Phi) is 5.58. The number of aryl methyl sites for hydroxylation is 1. The van der Waals surface area contributed by atoms with Gasteiger partial charge in [0.05, 0.1) is 12.0 Å². The fraction of sp³-hybridized carbons (Fsp3) is 0.333. The first kappa shape index (κ1) is 23.1. The van der Waals surface area contributed by atoms with Crippen molar-refractivity contribution in [3.8, 4) is 28.9 Å². The van der Waals surface area contributed by atoms with Gasteiger partial charge in [0.1, 0.15) is 17.1 Å². The molecule has 10 heteroatoms. The van der Waals surface area contributed by atoms with Gasteiger partial charge < -0.3 is 19.2 Å². The third-order valence-electron chi connectivity index (χ3n) is 6.54. The molecule has 0 unspecified atom stereocenters. The zero-order valence-corrected chi connectivity index (χ0v) is 20.7. The van der Waals surface area contributed by atoms with Crippen molar-refractivity contribution in [3.63, 3.8) is 0 Å². The number of para-hydroxylation sites is 1. The predicted octanol–water partition coefficient (Wildman–Crippen LogP) is 3.83. The molecule has 0 spiro atoms. The monoisotopic (exact) mass is 501 g/mol. The summed E-state index contributed by atoms with van der Waals surface area (Å²) in [6.07, 6.45) is 5.70. The fourth-order valence-electron chi connectivity index (χ4n) is 4.89. The topological polar surface area (TPSA) is 124 Å². The number of amides is 1. The Bertz CT molecular complexity index is 1530. The van der Waals surface area contributed by atoms with Gasteiger partial charge in [-0.3, -0.25) is 14.6 Å². The van der Waals surface area contributed by atoms with Crippen molar-refractivity contribution in [1.29, 1.82) is 0 Å². The second kappa shape index (κ2) is 8.95. The lowest BCUT2D eigenvalue weighted by atomic mass is 9.97. The van der Waals surface area contributed by atoms with Gasteiger partial charge >= 0.3 is 0 Å². The zero-order chi connectivity index (χ0) is 25.6. The van der Waals surface area contributed by atoms with Gasteiger partial charge in [-0.2, -0.15) is 9.78 Å². The van der Waals surface area contributed by atoms with Crippen LogP contribution in [0.1, 0.15) is 43.5 Å². The Labute approximate surface area is 212 Å². The van der Waals surface area contributed by atoms with Gasteiger partial charge in [-0.05, 0) is 57.7 Å². The van der Waals surface area contributed by atoms with Crippen LogP contribution in [0.15, 0.2) is 51.9 Å². The molecular formula is C27H27N5O5. The number of nitrogens with one attached hydrogen (secondary N) is 2. The molecule has 0 atom stereocenters. The van der Waals surface area contributed by atoms with E-state index in [9.17, 15) is 9.59 Å². The minimum atomic E-state index is -0.401. The van der Waals surface area contributed by atoms with E-state index in [1.807, 2.05) is 26.0 Å². The molecule has 2 aliphatic rings. The van der Waals surface area contributed by atoms with Crippen molar-refractivity contribution in [2.24, 2.45) is 0 Å². The molecule has 0 saturated heterocycles. The highest BCUT2D eigenvalue weighted by molar-refractivity contribution is 5.92. The molecule has 1 aliphatic carbocycles. The quantitative estimate of drug-likeness (QED) is 0.411. The Morgan fingerprint density at radius 2 is 2.08 bits per heavy atom. The lowest BCUT2D eigenvalue weighted by Gasteiger charge is -2.18. The summed E-state index contributed by atoms with van der Waals surface area (Å²) in [4.78, 5) is 33.2. The van der Waals surface area contributed by atoms with E-state index < -0.39 is 5.91 Å². The summed E-state index contributed by atoms with van der Waals surface area (Å²) in [6, 6.07) is 10.9. The molecule has 4 heterocycles. The molecule has 2 N–H and O–H groups in total. The van der Waals surface area contributed by atoms with Crippen LogP contribution in [0.25, 0.3) is 17.4 Å². The Morgan fingerprint density at radius 1 is 1.22 bits per heavy atom. The Morgan fingerprint density at radius 3 is 2.92 bits per heavy atom. The van der Waals surface area contributed by atoms with E-state index in [0.717, 1.165) is 36.9 Å². The van der Waals surface area contributed by atoms with Gasteiger partial charge in [-0.1, -0.05) is 12.1 Å². The number of rotatable bonds is 6. The molecule has 3 aromatic heterocycles. The smallest absolute Gasteiger partial charge is 0.263 e. The van der Waals surface area contributed by atoms with E-state index in [-0.39, 0.29) is 23.7 Å². The number of hydrogen-bond acceptors (Lipinski definition) is 7. The van der Waals surface area contributed by atoms with Gasteiger partial charge in [-0.25, -0.2) is 4.98 Å². The molecular weight excluding hydrogens is 474 g/mol. The standard InChI is InChI=1S/C27H27N5O5/c1-27(2)14-16-7-5-10-21(24(16)37-27)36-15-23(33)29-22-13-19(20-11-6-12-35-20)31-32(22)26-28-18-9-4-3-8-17(18)25(34)30-26/h5-7,10-13H,3-4,8-9,14-15H2,1-2H3,(H,29,33)(H,28,30,34). The number of carbonyl (C=O) groups excluding carboxylic acids is 1. The molecule has 0 bridgehead atoms. The number of aromatic amines is 1. The third-order valence-corrected chi connectivity index (χ3v) is 6.54. The number of anilines is 1. The van der Waals surface area contributed by atoms with Crippen molar-refractivity contribution in [2.45, 2.75) is 51.6 Å². The van der Waals surface area contributed by atoms with Crippen molar-refractivity contribution < 1.29 is 18.7 Å². The Balaban J connectivity index is 1.27. The van der Waals surface area contributed by atoms with Crippen molar-refractivity contribution in [1.82, 2.24) is 19.7 Å². The van der Waals surface area contributed by atoms with Crippen molar-refractivity contribution >= 4 is 11.7 Å². The predicted molar refractivity (Wildman–Crippen MR) is 135 cm³/mol. The SMILES string of the molecule is CC1(C)Cc2cccc(OCC(=O)Nc3cc(-c4ccco4)nn3-c3nc4c(c(=O)[nH]3)CCCC4)c2O1. The number of hydrogen-bond donors (Lipinski definition) is 2. The number of H-pyrrole nitrogens is 1. The van der Waals surface area contributed by atoms with Crippen LogP contribution >= 0.6 is 0 Å². The fourth-order valence-corrected chi connectivity index (χ4v) is 4.89. The maximum absolute atomic E-state index is 13.0. The largest absolute Gasteiger partial charge is 0.483 e. The average molecular weight is 502 g/mol. The number of carbonyl (C=O) groups is 1. The first-order valence-corrected chi connectivity index (χ1v) is 12.4. The number of fused-ring (bicyclic) bond motifs is 2. The van der Waals surface area contributed by atoms with E-state index in [4.69, 9.17) is 13.9 Å². The highest BCUT2D eigenvalue weighted by Crippen LogP contribution is 2.41. The molecule has 10 nitrogen and oxygen atoms in total. The molecule has 1 aromatic carbocycles. The number of ether oxygens (including phenoxy) is 2. The minimum Gasteiger partial charge on any atom is -0.483 e. The zero-order valence-electron chi connectivity index (χ0n) is 20.7. The maximum atomic E-state index is 13.0. The summed E-state index contributed by atoms with van der Waals surface area (Å²) in [6.45, 7) is 3.79. The molecule has 190 valence electrons. The van der Waals surface area contributed by atoms with E-state index in [2.05, 4.69) is 20.4 Å². The summed E-state index contributed by atoms with van der Waals surface area (Å²) in [7, 11) is 0. The second-order valence-electron chi connectivity index (χ2n) is 9.95. The molecule has 0 fully saturated rings. The van der Waals surface area contributed by atoms with Gasteiger partial charge in [0.2, 0.25) is 5.95 Å². The first-order chi connectivity index (χ1) is 17.9. The first-order valence-electron chi connectivity index (χ1n) is 12.4. The lowest BCUT2D eigenvalue weighted by Crippen LogP contribution is -2.26. The van der Waals surface area contributed by atoms with Crippen LogP contribution in [0.4, 0.5) is 5.82 Å². The van der Waals surface area contributed by atoms with E-state index in [0.29, 0.717) is 40.8 Å². The molecule has 37 heavy (non-hydrogen) atoms. The molecule has 1 amide bonds. The van der Waals surface area contributed by atoms with E-state index in [1.165, 1.54) is 4.68 Å². The molecule has 0 saturated carbocycles. The minimum absolute atomic E-state index is 0.184. The van der Waals surface area contributed by atoms with Crippen LogP contribution < -0.4 is 20.3 Å². The van der Waals surface area contributed by atoms with Crippen LogP contribution in [0, 0.1) is 0 Å². The number of nitrogens with zero attached hydrogens (tertiary/aromatic N) is 3. The summed E-state index contributed by atoms with van der Waals surface area (Å²) < 4.78 is 18.8. The van der Waals surface area contributed by atoms with Crippen molar-refractivity contribution in [3.05, 3.63) is 69.8 Å². The Hall–Kier alpha value is -4.34. The molecule has 4 aromatic rings. The highest BCUT2D eigenvalue weighted by Gasteiger charge is 2.32.